The summed E-state index contributed by atoms with van der Waals surface area (Å²) in [7, 11) is 1.38. The van der Waals surface area contributed by atoms with E-state index in [2.05, 4.69) is 15.1 Å². The fraction of sp³-hybridized carbons (Fsp3) is 0.267. The number of allylic oxidation sites excluding steroid dienone is 1. The molecule has 0 aliphatic carbocycles. The van der Waals surface area contributed by atoms with Crippen LogP contribution in [0.2, 0.25) is 5.02 Å². The van der Waals surface area contributed by atoms with E-state index < -0.39 is 5.97 Å². The zero-order valence-corrected chi connectivity index (χ0v) is 14.6. The Kier molecular flexibility index (Phi) is 4.96. The second-order valence-corrected chi connectivity index (χ2v) is 6.56. The first-order chi connectivity index (χ1) is 11.6. The van der Waals surface area contributed by atoms with Crippen LogP contribution in [0, 0.1) is 0 Å². The van der Waals surface area contributed by atoms with Crippen LogP contribution in [0.3, 0.4) is 0 Å². The topological polar surface area (TPSA) is 66.7 Å². The summed E-state index contributed by atoms with van der Waals surface area (Å²) in [5.41, 5.74) is 1.85. The minimum Gasteiger partial charge on any atom is -0.411 e. The summed E-state index contributed by atoms with van der Waals surface area (Å²) >= 11 is 7.50. The molecular formula is C15H15ClN4O3S. The number of ether oxygens (including phenoxy) is 1. The number of hydrogen-bond donors (Lipinski definition) is 0. The van der Waals surface area contributed by atoms with Gasteiger partial charge in [0.2, 0.25) is 6.40 Å². The minimum absolute atomic E-state index is 0.0541. The van der Waals surface area contributed by atoms with E-state index in [0.29, 0.717) is 5.02 Å². The van der Waals surface area contributed by atoms with E-state index in [9.17, 15) is 4.79 Å². The molecule has 0 aromatic heterocycles. The predicted molar refractivity (Wildman–Crippen MR) is 94.6 cm³/mol. The number of thioether (sulfide) groups is 1. The molecule has 0 N–H and O–H groups in total. The Morgan fingerprint density at radius 2 is 2.21 bits per heavy atom. The number of carbonyl (C=O) groups is 1. The van der Waals surface area contributed by atoms with Gasteiger partial charge in [0.25, 0.3) is 0 Å². The number of benzene rings is 1. The summed E-state index contributed by atoms with van der Waals surface area (Å²) in [6.07, 6.45) is 2.91. The maximum atomic E-state index is 11.8. The number of esters is 1. The molecule has 24 heavy (non-hydrogen) atoms. The molecule has 1 aromatic rings. The normalized spacial score (nSPS) is 19.4. The second-order valence-electron chi connectivity index (χ2n) is 4.97. The summed E-state index contributed by atoms with van der Waals surface area (Å²) in [6, 6.07) is 7.53. The summed E-state index contributed by atoms with van der Waals surface area (Å²) in [5, 5.41) is 10.4. The van der Waals surface area contributed by atoms with Gasteiger partial charge in [-0.15, -0.1) is 0 Å². The van der Waals surface area contributed by atoms with Crippen LogP contribution >= 0.6 is 23.4 Å². The summed E-state index contributed by atoms with van der Waals surface area (Å²) in [4.78, 5) is 19.2. The van der Waals surface area contributed by atoms with Gasteiger partial charge in [-0.3, -0.25) is 9.69 Å². The van der Waals surface area contributed by atoms with Crippen molar-refractivity contribution in [3.63, 3.8) is 0 Å². The summed E-state index contributed by atoms with van der Waals surface area (Å²) in [5.74, 6) is -0.402. The maximum Gasteiger partial charge on any atom is 0.317 e. The molecule has 1 atom stereocenters. The largest absolute Gasteiger partial charge is 0.411 e. The highest BCUT2D eigenvalue weighted by molar-refractivity contribution is 8.04. The number of hydrogen-bond acceptors (Lipinski definition) is 8. The van der Waals surface area contributed by atoms with Crippen molar-refractivity contribution in [3.05, 3.63) is 39.9 Å². The molecular weight excluding hydrogens is 352 g/mol. The van der Waals surface area contributed by atoms with E-state index in [-0.39, 0.29) is 11.9 Å². The number of hydrazone groups is 1. The Morgan fingerprint density at radius 3 is 2.92 bits per heavy atom. The summed E-state index contributed by atoms with van der Waals surface area (Å²) < 4.78 is 4.85. The third-order valence-electron chi connectivity index (χ3n) is 3.50. The van der Waals surface area contributed by atoms with Crippen LogP contribution in [0.1, 0.15) is 13.3 Å². The second kappa shape index (κ2) is 7.14. The van der Waals surface area contributed by atoms with Crippen LogP contribution in [-0.2, 0) is 14.4 Å². The van der Waals surface area contributed by atoms with E-state index in [1.807, 2.05) is 41.1 Å². The third kappa shape index (κ3) is 3.34. The van der Waals surface area contributed by atoms with Crippen LogP contribution in [-0.4, -0.2) is 36.3 Å². The fourth-order valence-electron chi connectivity index (χ4n) is 2.32. The van der Waals surface area contributed by atoms with E-state index in [1.54, 1.807) is 18.1 Å². The Bertz CT molecular complexity index is 720. The Hall–Kier alpha value is -2.19. The van der Waals surface area contributed by atoms with Crippen LogP contribution in [0.5, 0.6) is 0 Å². The summed E-state index contributed by atoms with van der Waals surface area (Å²) in [6.45, 7) is 1.93. The zero-order valence-electron chi connectivity index (χ0n) is 13.0. The average Bonchev–Trinajstić information content (AvgIpc) is 3.10. The molecule has 9 heteroatoms. The number of rotatable bonds is 5. The average molecular weight is 367 g/mol. The molecule has 2 aliphatic heterocycles. The van der Waals surface area contributed by atoms with Gasteiger partial charge in [0.1, 0.15) is 13.4 Å². The SMILES string of the molecule is CO/N=C/OC(=O)CC1=C(C)N2N=CN(c3ccc(Cl)cc3)C2S1. The van der Waals surface area contributed by atoms with Crippen LogP contribution in [0.15, 0.2) is 45.1 Å². The quantitative estimate of drug-likeness (QED) is 0.345. The Labute approximate surface area is 148 Å². The number of oxime groups is 1. The van der Waals surface area contributed by atoms with Crippen molar-refractivity contribution in [2.75, 3.05) is 12.0 Å². The molecule has 0 radical (unpaired) electrons. The number of fused-ring (bicyclic) bond motifs is 1. The van der Waals surface area contributed by atoms with Crippen molar-refractivity contribution in [2.45, 2.75) is 18.8 Å². The number of anilines is 1. The lowest BCUT2D eigenvalue weighted by atomic mass is 10.3. The molecule has 2 heterocycles. The van der Waals surface area contributed by atoms with Crippen molar-refractivity contribution in [1.29, 1.82) is 0 Å². The molecule has 0 saturated carbocycles. The molecule has 0 amide bonds. The van der Waals surface area contributed by atoms with Crippen molar-refractivity contribution >= 4 is 47.8 Å². The smallest absolute Gasteiger partial charge is 0.317 e. The first-order valence-corrected chi connectivity index (χ1v) is 8.34. The number of carbonyl (C=O) groups excluding carboxylic acids is 1. The van der Waals surface area contributed by atoms with Gasteiger partial charge in [-0.25, -0.2) is 5.01 Å². The Morgan fingerprint density at radius 1 is 1.46 bits per heavy atom. The van der Waals surface area contributed by atoms with Crippen LogP contribution in [0.25, 0.3) is 0 Å². The molecule has 0 saturated heterocycles. The molecule has 1 aromatic carbocycles. The van der Waals surface area contributed by atoms with Gasteiger partial charge in [-0.2, -0.15) is 5.10 Å². The molecule has 1 unspecified atom stereocenters. The van der Waals surface area contributed by atoms with Crippen molar-refractivity contribution < 1.29 is 14.4 Å². The Balaban J connectivity index is 1.68. The molecule has 7 nitrogen and oxygen atoms in total. The molecule has 2 aliphatic rings. The van der Waals surface area contributed by atoms with Crippen molar-refractivity contribution in [3.8, 4) is 0 Å². The van der Waals surface area contributed by atoms with E-state index >= 15 is 0 Å². The van der Waals surface area contributed by atoms with E-state index in [1.165, 1.54) is 7.11 Å². The molecule has 0 spiro atoms. The minimum atomic E-state index is -0.402. The van der Waals surface area contributed by atoms with E-state index in [4.69, 9.17) is 16.3 Å². The number of halogens is 1. The van der Waals surface area contributed by atoms with Crippen molar-refractivity contribution in [2.24, 2.45) is 10.3 Å². The number of nitrogens with zero attached hydrogens (tertiary/aromatic N) is 4. The van der Waals surface area contributed by atoms with Crippen LogP contribution in [0.4, 0.5) is 5.69 Å². The highest BCUT2D eigenvalue weighted by Gasteiger charge is 2.38. The lowest BCUT2D eigenvalue weighted by Crippen LogP contribution is -2.33. The van der Waals surface area contributed by atoms with Crippen LogP contribution < -0.4 is 4.90 Å². The molecule has 0 fully saturated rings. The molecule has 0 bridgehead atoms. The van der Waals surface area contributed by atoms with Gasteiger partial charge in [0, 0.05) is 21.3 Å². The zero-order chi connectivity index (χ0) is 17.1. The van der Waals surface area contributed by atoms with Gasteiger partial charge in [-0.1, -0.05) is 28.5 Å². The monoisotopic (exact) mass is 366 g/mol. The van der Waals surface area contributed by atoms with Gasteiger partial charge in [0.15, 0.2) is 5.50 Å². The first kappa shape index (κ1) is 16.7. The highest BCUT2D eigenvalue weighted by atomic mass is 35.5. The maximum absolute atomic E-state index is 11.8. The predicted octanol–water partition coefficient (Wildman–Crippen LogP) is 3.19. The van der Waals surface area contributed by atoms with Gasteiger partial charge in [0.05, 0.1) is 6.42 Å². The van der Waals surface area contributed by atoms with Gasteiger partial charge >= 0.3 is 5.97 Å². The highest BCUT2D eigenvalue weighted by Crippen LogP contribution is 2.44. The standard InChI is InChI=1S/C15H15ClN4O3S/c1-10-13(7-14(21)23-9-18-22-2)24-15-19(8-17-20(10)15)12-5-3-11(16)4-6-12/h3-6,8-9,15H,7H2,1-2H3/b18-9+. The third-order valence-corrected chi connectivity index (χ3v) is 5.12. The van der Waals surface area contributed by atoms with E-state index in [0.717, 1.165) is 22.7 Å². The van der Waals surface area contributed by atoms with Gasteiger partial charge in [-0.05, 0) is 31.2 Å². The molecule has 3 rings (SSSR count). The lowest BCUT2D eigenvalue weighted by Gasteiger charge is -2.24. The van der Waals surface area contributed by atoms with Gasteiger partial charge < -0.3 is 9.57 Å². The fourth-order valence-corrected chi connectivity index (χ4v) is 3.76. The molecule has 126 valence electrons. The lowest BCUT2D eigenvalue weighted by molar-refractivity contribution is -0.134. The van der Waals surface area contributed by atoms with Crippen molar-refractivity contribution in [1.82, 2.24) is 5.01 Å². The first-order valence-electron chi connectivity index (χ1n) is 7.08.